The fourth-order valence-corrected chi connectivity index (χ4v) is 1.98. The van der Waals surface area contributed by atoms with Crippen LogP contribution >= 0.6 is 0 Å². The van der Waals surface area contributed by atoms with Gasteiger partial charge in [0.1, 0.15) is 23.6 Å². The molecular formula is C18H25FO5. The van der Waals surface area contributed by atoms with E-state index in [2.05, 4.69) is 6.58 Å². The predicted molar refractivity (Wildman–Crippen MR) is 89.8 cm³/mol. The van der Waals surface area contributed by atoms with Gasteiger partial charge in [0.25, 0.3) is 0 Å². The summed E-state index contributed by atoms with van der Waals surface area (Å²) in [5.74, 6) is -0.237. The number of hydrogen-bond donors (Lipinski definition) is 0. The maximum absolute atomic E-state index is 12.7. The van der Waals surface area contributed by atoms with E-state index in [0.717, 1.165) is 0 Å². The van der Waals surface area contributed by atoms with Gasteiger partial charge in [-0.05, 0) is 26.3 Å². The van der Waals surface area contributed by atoms with E-state index in [1.807, 2.05) is 0 Å². The summed E-state index contributed by atoms with van der Waals surface area (Å²) in [7, 11) is 1.48. The van der Waals surface area contributed by atoms with E-state index in [0.29, 0.717) is 16.9 Å². The average molecular weight is 340 g/mol. The Morgan fingerprint density at radius 1 is 1.33 bits per heavy atom. The monoisotopic (exact) mass is 340 g/mol. The zero-order valence-electron chi connectivity index (χ0n) is 14.7. The molecule has 0 unspecified atom stereocenters. The molecule has 24 heavy (non-hydrogen) atoms. The maximum Gasteiger partial charge on any atom is 0.342 e. The molecule has 0 aromatic heterocycles. The van der Waals surface area contributed by atoms with Crippen molar-refractivity contribution in [2.75, 3.05) is 27.2 Å². The molecule has 1 aromatic carbocycles. The topological polar surface area (TPSA) is 54.0 Å². The van der Waals surface area contributed by atoms with Gasteiger partial charge in [-0.1, -0.05) is 24.8 Å². The van der Waals surface area contributed by atoms with Gasteiger partial charge in [0.15, 0.2) is 6.79 Å². The van der Waals surface area contributed by atoms with Crippen molar-refractivity contribution in [1.29, 1.82) is 0 Å². The number of hydrogen-bond acceptors (Lipinski definition) is 5. The minimum Gasteiger partial charge on any atom is -0.466 e. The lowest BCUT2D eigenvalue weighted by Crippen LogP contribution is -2.25. The Hall–Kier alpha value is -1.92. The summed E-state index contributed by atoms with van der Waals surface area (Å²) in [6.45, 7) is 8.44. The minimum absolute atomic E-state index is 0.0363. The van der Waals surface area contributed by atoms with E-state index in [1.165, 1.54) is 7.11 Å². The maximum atomic E-state index is 12.7. The van der Waals surface area contributed by atoms with E-state index in [-0.39, 0.29) is 25.6 Å². The Bertz CT molecular complexity index is 563. The van der Waals surface area contributed by atoms with E-state index < -0.39 is 18.2 Å². The van der Waals surface area contributed by atoms with Crippen LogP contribution < -0.4 is 4.74 Å². The zero-order valence-corrected chi connectivity index (χ0v) is 14.7. The van der Waals surface area contributed by atoms with Crippen LogP contribution in [0.25, 0.3) is 6.08 Å². The number of carbonyl (C=O) groups is 1. The highest BCUT2D eigenvalue weighted by Gasteiger charge is 2.26. The number of rotatable bonds is 9. The van der Waals surface area contributed by atoms with E-state index in [9.17, 15) is 9.18 Å². The molecule has 0 aliphatic heterocycles. The summed E-state index contributed by atoms with van der Waals surface area (Å²) in [6, 6.07) is 3.47. The Balaban J connectivity index is 3.31. The summed E-state index contributed by atoms with van der Waals surface area (Å²) in [4.78, 5) is 12.7. The highest BCUT2D eigenvalue weighted by molar-refractivity contribution is 5.96. The van der Waals surface area contributed by atoms with E-state index in [4.69, 9.17) is 18.9 Å². The van der Waals surface area contributed by atoms with Crippen molar-refractivity contribution < 1.29 is 28.1 Å². The largest absolute Gasteiger partial charge is 0.466 e. The third kappa shape index (κ3) is 5.94. The van der Waals surface area contributed by atoms with Crippen molar-refractivity contribution in [2.24, 2.45) is 0 Å². The number of methoxy groups -OCH3 is 1. The second-order valence-corrected chi connectivity index (χ2v) is 6.02. The van der Waals surface area contributed by atoms with Crippen molar-refractivity contribution in [3.05, 3.63) is 35.4 Å². The van der Waals surface area contributed by atoms with Crippen molar-refractivity contribution in [3.8, 4) is 5.75 Å². The number of halogens is 1. The molecule has 1 rings (SSSR count). The molecule has 6 heteroatoms. The second kappa shape index (κ2) is 9.39. The lowest BCUT2D eigenvalue weighted by Gasteiger charge is -2.23. The van der Waals surface area contributed by atoms with Crippen LogP contribution in [0.1, 0.15) is 42.3 Å². The molecule has 1 aromatic rings. The van der Waals surface area contributed by atoms with Gasteiger partial charge >= 0.3 is 5.97 Å². The summed E-state index contributed by atoms with van der Waals surface area (Å²) in [5, 5.41) is 0. The van der Waals surface area contributed by atoms with Crippen LogP contribution in [-0.4, -0.2) is 38.8 Å². The number of benzene rings is 1. The highest BCUT2D eigenvalue weighted by Crippen LogP contribution is 2.31. The van der Waals surface area contributed by atoms with Crippen LogP contribution in [0.3, 0.4) is 0 Å². The fraction of sp³-hybridized carbons (Fsp3) is 0.500. The SMILES string of the molecule is C=Cc1ccc(COCCF)c(C(=O)OC(C)(C)C)c1OCOC. The summed E-state index contributed by atoms with van der Waals surface area (Å²) in [6.07, 6.45) is 1.57. The number of ether oxygens (including phenoxy) is 4. The molecule has 5 nitrogen and oxygen atoms in total. The van der Waals surface area contributed by atoms with Crippen LogP contribution in [0, 0.1) is 0 Å². The molecule has 0 bridgehead atoms. The number of carbonyl (C=O) groups excluding carboxylic acids is 1. The lowest BCUT2D eigenvalue weighted by molar-refractivity contribution is 0.00494. The van der Waals surface area contributed by atoms with Crippen molar-refractivity contribution in [1.82, 2.24) is 0 Å². The third-order valence-corrected chi connectivity index (χ3v) is 2.90. The molecule has 0 saturated heterocycles. The lowest BCUT2D eigenvalue weighted by atomic mass is 10.0. The fourth-order valence-electron chi connectivity index (χ4n) is 1.98. The predicted octanol–water partition coefficient (Wildman–Crippen LogP) is 3.75. The molecule has 0 radical (unpaired) electrons. The van der Waals surface area contributed by atoms with Crippen LogP contribution in [0.2, 0.25) is 0 Å². The first kappa shape index (κ1) is 20.1. The van der Waals surface area contributed by atoms with Crippen LogP contribution in [0.5, 0.6) is 5.75 Å². The average Bonchev–Trinajstić information content (AvgIpc) is 2.51. The Morgan fingerprint density at radius 3 is 2.58 bits per heavy atom. The first-order valence-corrected chi connectivity index (χ1v) is 7.61. The van der Waals surface area contributed by atoms with Crippen LogP contribution in [-0.2, 0) is 20.8 Å². The van der Waals surface area contributed by atoms with Crippen molar-refractivity contribution >= 4 is 12.0 Å². The van der Waals surface area contributed by atoms with Gasteiger partial charge in [-0.3, -0.25) is 0 Å². The highest BCUT2D eigenvalue weighted by atomic mass is 19.1. The first-order chi connectivity index (χ1) is 11.3. The van der Waals surface area contributed by atoms with Crippen LogP contribution in [0.15, 0.2) is 18.7 Å². The molecule has 0 N–H and O–H groups in total. The number of esters is 1. The molecule has 0 atom stereocenters. The molecule has 0 fully saturated rings. The standard InChI is InChI=1S/C18H25FO5/c1-6-13-7-8-14(11-22-10-9-19)15(16(13)23-12-21-5)17(20)24-18(2,3)4/h6-8H,1,9-12H2,2-5H3. The van der Waals surface area contributed by atoms with Gasteiger partial charge in [-0.2, -0.15) is 0 Å². The van der Waals surface area contributed by atoms with Gasteiger partial charge in [-0.25, -0.2) is 9.18 Å². The van der Waals surface area contributed by atoms with Gasteiger partial charge in [0, 0.05) is 12.7 Å². The second-order valence-electron chi connectivity index (χ2n) is 6.02. The number of alkyl halides is 1. The Labute approximate surface area is 142 Å². The molecule has 0 aliphatic rings. The van der Waals surface area contributed by atoms with Gasteiger partial charge in [0.05, 0.1) is 13.2 Å². The van der Waals surface area contributed by atoms with Crippen molar-refractivity contribution in [2.45, 2.75) is 33.0 Å². The third-order valence-electron chi connectivity index (χ3n) is 2.90. The minimum atomic E-state index is -0.670. The molecular weight excluding hydrogens is 315 g/mol. The molecule has 0 aliphatic carbocycles. The Morgan fingerprint density at radius 2 is 2.04 bits per heavy atom. The quantitative estimate of drug-likeness (QED) is 0.389. The molecule has 0 heterocycles. The summed E-state index contributed by atoms with van der Waals surface area (Å²) in [5.41, 5.74) is 0.742. The summed E-state index contributed by atoms with van der Waals surface area (Å²) < 4.78 is 33.5. The smallest absolute Gasteiger partial charge is 0.342 e. The van der Waals surface area contributed by atoms with Gasteiger partial charge in [0.2, 0.25) is 0 Å². The molecule has 0 spiro atoms. The van der Waals surface area contributed by atoms with E-state index in [1.54, 1.807) is 39.0 Å². The molecule has 134 valence electrons. The van der Waals surface area contributed by atoms with Crippen molar-refractivity contribution in [3.63, 3.8) is 0 Å². The molecule has 0 saturated carbocycles. The summed E-state index contributed by atoms with van der Waals surface area (Å²) >= 11 is 0. The first-order valence-electron chi connectivity index (χ1n) is 7.61. The van der Waals surface area contributed by atoms with Crippen LogP contribution in [0.4, 0.5) is 4.39 Å². The normalized spacial score (nSPS) is 11.2. The van der Waals surface area contributed by atoms with Gasteiger partial charge < -0.3 is 18.9 Å². The Kier molecular flexibility index (Phi) is 7.88. The van der Waals surface area contributed by atoms with Gasteiger partial charge in [-0.15, -0.1) is 0 Å². The molecule has 0 amide bonds. The van der Waals surface area contributed by atoms with E-state index >= 15 is 0 Å². The zero-order chi connectivity index (χ0) is 18.2.